The van der Waals surface area contributed by atoms with Crippen LogP contribution in [0, 0.1) is 0 Å². The predicted molar refractivity (Wildman–Crippen MR) is 97.2 cm³/mol. The second-order valence-corrected chi connectivity index (χ2v) is 6.55. The van der Waals surface area contributed by atoms with E-state index in [4.69, 9.17) is 0 Å². The third-order valence-corrected chi connectivity index (χ3v) is 4.39. The highest BCUT2D eigenvalue weighted by Gasteiger charge is 2.08. The molecule has 4 nitrogen and oxygen atoms in total. The maximum absolute atomic E-state index is 11.9. The Morgan fingerprint density at radius 1 is 1.04 bits per heavy atom. The Morgan fingerprint density at radius 3 is 2.52 bits per heavy atom. The Labute approximate surface area is 146 Å². The van der Waals surface area contributed by atoms with Gasteiger partial charge in [0.15, 0.2) is 0 Å². The zero-order valence-corrected chi connectivity index (χ0v) is 14.3. The van der Waals surface area contributed by atoms with Crippen LogP contribution in [0.25, 0.3) is 16.6 Å². The van der Waals surface area contributed by atoms with Gasteiger partial charge in [-0.1, -0.05) is 69.7 Å². The number of anilines is 1. The molecule has 3 rings (SSSR count). The molecular formula is C17H12BrN3OS. The molecule has 0 aliphatic heterocycles. The van der Waals surface area contributed by atoms with Crippen LogP contribution in [-0.4, -0.2) is 16.1 Å². The molecule has 0 atom stereocenters. The monoisotopic (exact) mass is 385 g/mol. The number of hydrogen-bond donors (Lipinski definition) is 1. The van der Waals surface area contributed by atoms with E-state index in [-0.39, 0.29) is 5.91 Å². The summed E-state index contributed by atoms with van der Waals surface area (Å²) in [6.45, 7) is 0. The van der Waals surface area contributed by atoms with Crippen molar-refractivity contribution in [3.05, 3.63) is 70.7 Å². The van der Waals surface area contributed by atoms with Crippen LogP contribution >= 0.6 is 27.3 Å². The second-order valence-electron chi connectivity index (χ2n) is 4.65. The van der Waals surface area contributed by atoms with Crippen molar-refractivity contribution in [1.29, 1.82) is 0 Å². The van der Waals surface area contributed by atoms with Crippen molar-refractivity contribution in [3.63, 3.8) is 0 Å². The highest BCUT2D eigenvalue weighted by atomic mass is 79.9. The average molecular weight is 386 g/mol. The molecule has 0 unspecified atom stereocenters. The van der Waals surface area contributed by atoms with E-state index in [2.05, 4.69) is 31.4 Å². The minimum Gasteiger partial charge on any atom is -0.297 e. The second kappa shape index (κ2) is 7.30. The quantitative estimate of drug-likeness (QED) is 0.666. The van der Waals surface area contributed by atoms with Gasteiger partial charge in [-0.15, -0.1) is 10.2 Å². The number of nitrogens with one attached hydrogen (secondary N) is 1. The Hall–Kier alpha value is -2.31. The minimum absolute atomic E-state index is 0.229. The first-order valence-corrected chi connectivity index (χ1v) is 8.45. The Kier molecular flexibility index (Phi) is 4.95. The number of benzene rings is 2. The van der Waals surface area contributed by atoms with E-state index in [9.17, 15) is 4.79 Å². The fraction of sp³-hybridized carbons (Fsp3) is 0. The van der Waals surface area contributed by atoms with E-state index in [0.717, 1.165) is 20.6 Å². The summed E-state index contributed by atoms with van der Waals surface area (Å²) in [5, 5.41) is 12.1. The molecule has 114 valence electrons. The van der Waals surface area contributed by atoms with E-state index in [1.54, 1.807) is 6.08 Å². The number of nitrogens with zero attached hydrogens (tertiary/aromatic N) is 2. The molecule has 0 aliphatic carbocycles. The normalized spacial score (nSPS) is 10.8. The van der Waals surface area contributed by atoms with Crippen molar-refractivity contribution in [2.24, 2.45) is 0 Å². The molecule has 23 heavy (non-hydrogen) atoms. The van der Waals surface area contributed by atoms with Gasteiger partial charge in [-0.05, 0) is 23.8 Å². The van der Waals surface area contributed by atoms with Crippen molar-refractivity contribution in [2.75, 3.05) is 5.32 Å². The lowest BCUT2D eigenvalue weighted by molar-refractivity contribution is -0.111. The van der Waals surface area contributed by atoms with E-state index in [1.807, 2.05) is 54.6 Å². The number of rotatable bonds is 4. The first-order valence-electron chi connectivity index (χ1n) is 6.84. The largest absolute Gasteiger partial charge is 0.297 e. The molecule has 0 radical (unpaired) electrons. The molecule has 1 amide bonds. The first-order chi connectivity index (χ1) is 11.2. The van der Waals surface area contributed by atoms with Gasteiger partial charge in [0.25, 0.3) is 0 Å². The molecule has 0 spiro atoms. The van der Waals surface area contributed by atoms with Crippen LogP contribution in [0.15, 0.2) is 65.1 Å². The van der Waals surface area contributed by atoms with Crippen LogP contribution in [0.3, 0.4) is 0 Å². The van der Waals surface area contributed by atoms with Crippen molar-refractivity contribution in [2.45, 2.75) is 0 Å². The zero-order chi connectivity index (χ0) is 16.1. The lowest BCUT2D eigenvalue weighted by Gasteiger charge is -1.96. The standard InChI is InChI=1S/C17H12BrN3OS/c18-14-9-7-13(8-10-14)16-20-21-17(23-16)19-15(22)11-6-12-4-2-1-3-5-12/h1-11H,(H,19,21,22)/b11-6+. The van der Waals surface area contributed by atoms with Gasteiger partial charge in [0.2, 0.25) is 11.0 Å². The van der Waals surface area contributed by atoms with Gasteiger partial charge in [0.05, 0.1) is 0 Å². The van der Waals surface area contributed by atoms with Gasteiger partial charge < -0.3 is 0 Å². The molecule has 3 aromatic rings. The third kappa shape index (κ3) is 4.34. The summed E-state index contributed by atoms with van der Waals surface area (Å²) >= 11 is 4.73. The molecule has 1 N–H and O–H groups in total. The van der Waals surface area contributed by atoms with Crippen LogP contribution < -0.4 is 5.32 Å². The lowest BCUT2D eigenvalue weighted by atomic mass is 10.2. The van der Waals surface area contributed by atoms with E-state index < -0.39 is 0 Å². The molecule has 0 saturated carbocycles. The smallest absolute Gasteiger partial charge is 0.250 e. The van der Waals surface area contributed by atoms with Gasteiger partial charge in [-0.25, -0.2) is 0 Å². The minimum atomic E-state index is -0.229. The number of carbonyl (C=O) groups excluding carboxylic acids is 1. The summed E-state index contributed by atoms with van der Waals surface area (Å²) in [5.41, 5.74) is 1.93. The lowest BCUT2D eigenvalue weighted by Crippen LogP contribution is -2.07. The molecule has 1 heterocycles. The fourth-order valence-electron chi connectivity index (χ4n) is 1.87. The topological polar surface area (TPSA) is 54.9 Å². The molecule has 0 bridgehead atoms. The summed E-state index contributed by atoms with van der Waals surface area (Å²) in [6, 6.07) is 17.4. The van der Waals surface area contributed by atoms with Crippen LogP contribution in [0.2, 0.25) is 0 Å². The van der Waals surface area contributed by atoms with Gasteiger partial charge in [0, 0.05) is 16.1 Å². The number of amides is 1. The number of aromatic nitrogens is 2. The molecular weight excluding hydrogens is 374 g/mol. The Morgan fingerprint density at radius 2 is 1.78 bits per heavy atom. The van der Waals surface area contributed by atoms with Crippen molar-refractivity contribution < 1.29 is 4.79 Å². The summed E-state index contributed by atoms with van der Waals surface area (Å²) < 4.78 is 1.00. The maximum atomic E-state index is 11.9. The molecule has 0 saturated heterocycles. The SMILES string of the molecule is O=C(/C=C/c1ccccc1)Nc1nnc(-c2ccc(Br)cc2)s1. The first kappa shape index (κ1) is 15.6. The van der Waals surface area contributed by atoms with Crippen LogP contribution in [0.1, 0.15) is 5.56 Å². The van der Waals surface area contributed by atoms with E-state index >= 15 is 0 Å². The molecule has 2 aromatic carbocycles. The number of halogens is 1. The van der Waals surface area contributed by atoms with Crippen molar-refractivity contribution >= 4 is 44.4 Å². The van der Waals surface area contributed by atoms with E-state index in [0.29, 0.717) is 5.13 Å². The average Bonchev–Trinajstić information content (AvgIpc) is 3.03. The zero-order valence-electron chi connectivity index (χ0n) is 11.9. The Bertz CT molecular complexity index is 829. The van der Waals surface area contributed by atoms with Gasteiger partial charge in [0.1, 0.15) is 5.01 Å². The molecule has 1 aromatic heterocycles. The van der Waals surface area contributed by atoms with E-state index in [1.165, 1.54) is 17.4 Å². The number of carbonyl (C=O) groups is 1. The van der Waals surface area contributed by atoms with Crippen LogP contribution in [0.4, 0.5) is 5.13 Å². The highest BCUT2D eigenvalue weighted by molar-refractivity contribution is 9.10. The molecule has 0 fully saturated rings. The highest BCUT2D eigenvalue weighted by Crippen LogP contribution is 2.27. The predicted octanol–water partition coefficient (Wildman–Crippen LogP) is 4.62. The maximum Gasteiger partial charge on any atom is 0.250 e. The van der Waals surface area contributed by atoms with Crippen LogP contribution in [0.5, 0.6) is 0 Å². The molecule has 0 aliphatic rings. The molecule has 6 heteroatoms. The summed E-state index contributed by atoms with van der Waals surface area (Å²) in [4.78, 5) is 11.9. The van der Waals surface area contributed by atoms with Gasteiger partial charge in [-0.2, -0.15) is 0 Å². The fourth-order valence-corrected chi connectivity index (χ4v) is 2.88. The van der Waals surface area contributed by atoms with Gasteiger partial charge in [-0.3, -0.25) is 10.1 Å². The summed E-state index contributed by atoms with van der Waals surface area (Å²) in [6.07, 6.45) is 3.24. The van der Waals surface area contributed by atoms with Gasteiger partial charge >= 0.3 is 0 Å². The van der Waals surface area contributed by atoms with Crippen molar-refractivity contribution in [3.8, 4) is 10.6 Å². The third-order valence-electron chi connectivity index (χ3n) is 2.97. The Balaban J connectivity index is 1.66. The summed E-state index contributed by atoms with van der Waals surface area (Å²) in [5.74, 6) is -0.229. The summed E-state index contributed by atoms with van der Waals surface area (Å²) in [7, 11) is 0. The number of hydrogen-bond acceptors (Lipinski definition) is 4. The van der Waals surface area contributed by atoms with Crippen molar-refractivity contribution in [1.82, 2.24) is 10.2 Å². The van der Waals surface area contributed by atoms with Crippen LogP contribution in [-0.2, 0) is 4.79 Å².